The molecule has 0 fully saturated rings. The molecular weight excluding hydrogens is 400 g/mol. The van der Waals surface area contributed by atoms with E-state index in [1.54, 1.807) is 6.07 Å². The van der Waals surface area contributed by atoms with Crippen molar-refractivity contribution in [2.24, 2.45) is 0 Å². The van der Waals surface area contributed by atoms with Crippen molar-refractivity contribution in [3.63, 3.8) is 0 Å². The molecule has 0 radical (unpaired) electrons. The molecule has 7 heteroatoms. The topological polar surface area (TPSA) is 89.3 Å². The third-order valence-electron chi connectivity index (χ3n) is 4.97. The van der Waals surface area contributed by atoms with Crippen LogP contribution in [0.5, 0.6) is 0 Å². The predicted molar refractivity (Wildman–Crippen MR) is 115 cm³/mol. The Labute approximate surface area is 172 Å². The van der Waals surface area contributed by atoms with E-state index in [0.29, 0.717) is 22.6 Å². The number of aromatic nitrogens is 1. The molecule has 0 saturated carbocycles. The molecule has 0 aliphatic carbocycles. The maximum absolute atomic E-state index is 12.3. The van der Waals surface area contributed by atoms with Gasteiger partial charge in [-0.15, -0.1) is 0 Å². The zero-order valence-electron chi connectivity index (χ0n) is 15.9. The van der Waals surface area contributed by atoms with Crippen LogP contribution in [-0.4, -0.2) is 25.6 Å². The molecule has 1 amide bonds. The van der Waals surface area contributed by atoms with Crippen molar-refractivity contribution in [3.05, 3.63) is 77.9 Å². The van der Waals surface area contributed by atoms with E-state index in [1.807, 2.05) is 54.6 Å². The van der Waals surface area contributed by atoms with Gasteiger partial charge in [0.15, 0.2) is 15.4 Å². The van der Waals surface area contributed by atoms with Crippen LogP contribution in [-0.2, 0) is 14.6 Å². The molecular formula is C23H16N2O4S. The van der Waals surface area contributed by atoms with Crippen LogP contribution in [0.2, 0.25) is 0 Å². The van der Waals surface area contributed by atoms with Gasteiger partial charge in [0, 0.05) is 28.6 Å². The summed E-state index contributed by atoms with van der Waals surface area (Å²) in [7, 11) is -3.31. The molecule has 1 aromatic heterocycles. The lowest BCUT2D eigenvalue weighted by molar-refractivity contribution is -0.110. The standard InChI is InChI=1S/C23H16N2O4S/c1-30(27,28)16-10-11-21-20(13-16)25-23(29-21)15-8-6-14(7-9-15)12-18-17-4-2-3-5-19(17)24-22(18)26/h2-13H,1H3,(H,24,26). The Hall–Kier alpha value is -3.71. The highest BCUT2D eigenvalue weighted by Crippen LogP contribution is 2.33. The molecule has 0 saturated heterocycles. The number of para-hydroxylation sites is 1. The van der Waals surface area contributed by atoms with Gasteiger partial charge in [-0.25, -0.2) is 13.4 Å². The van der Waals surface area contributed by atoms with E-state index < -0.39 is 9.84 Å². The second kappa shape index (κ2) is 6.67. The lowest BCUT2D eigenvalue weighted by atomic mass is 10.0. The fraction of sp³-hybridized carbons (Fsp3) is 0.0435. The molecule has 30 heavy (non-hydrogen) atoms. The van der Waals surface area contributed by atoms with E-state index in [4.69, 9.17) is 4.42 Å². The van der Waals surface area contributed by atoms with Crippen LogP contribution < -0.4 is 5.32 Å². The number of carbonyl (C=O) groups is 1. The molecule has 5 rings (SSSR count). The number of amides is 1. The maximum Gasteiger partial charge on any atom is 0.256 e. The average molecular weight is 416 g/mol. The molecule has 148 valence electrons. The number of benzene rings is 3. The molecule has 0 atom stereocenters. The highest BCUT2D eigenvalue weighted by molar-refractivity contribution is 7.90. The average Bonchev–Trinajstić information content (AvgIpc) is 3.28. The van der Waals surface area contributed by atoms with Gasteiger partial charge in [0.05, 0.1) is 4.90 Å². The highest BCUT2D eigenvalue weighted by atomic mass is 32.2. The van der Waals surface area contributed by atoms with Crippen LogP contribution in [0.25, 0.3) is 34.2 Å². The Morgan fingerprint density at radius 3 is 2.53 bits per heavy atom. The monoisotopic (exact) mass is 416 g/mol. The molecule has 6 nitrogen and oxygen atoms in total. The number of carbonyl (C=O) groups excluding carboxylic acids is 1. The minimum atomic E-state index is -3.31. The van der Waals surface area contributed by atoms with Gasteiger partial charge in [0.1, 0.15) is 5.52 Å². The van der Waals surface area contributed by atoms with Crippen molar-refractivity contribution in [1.82, 2.24) is 4.98 Å². The zero-order valence-corrected chi connectivity index (χ0v) is 16.7. The lowest BCUT2D eigenvalue weighted by Gasteiger charge is -2.00. The minimum absolute atomic E-state index is 0.124. The number of nitrogens with zero attached hydrogens (tertiary/aromatic N) is 1. The first-order valence-corrected chi connectivity index (χ1v) is 11.1. The number of oxazole rings is 1. The van der Waals surface area contributed by atoms with Gasteiger partial charge >= 0.3 is 0 Å². The third kappa shape index (κ3) is 3.19. The van der Waals surface area contributed by atoms with Crippen LogP contribution in [0, 0.1) is 0 Å². The van der Waals surface area contributed by atoms with Gasteiger partial charge < -0.3 is 9.73 Å². The van der Waals surface area contributed by atoms with Crippen molar-refractivity contribution in [2.45, 2.75) is 4.90 Å². The fourth-order valence-corrected chi connectivity index (χ4v) is 4.07. The molecule has 1 aliphatic heterocycles. The van der Waals surface area contributed by atoms with Crippen molar-refractivity contribution in [2.75, 3.05) is 11.6 Å². The van der Waals surface area contributed by atoms with Crippen molar-refractivity contribution in [3.8, 4) is 11.5 Å². The first kappa shape index (κ1) is 18.3. The van der Waals surface area contributed by atoms with Gasteiger partial charge in [-0.2, -0.15) is 0 Å². The summed E-state index contributed by atoms with van der Waals surface area (Å²) < 4.78 is 29.3. The second-order valence-corrected chi connectivity index (χ2v) is 9.12. The van der Waals surface area contributed by atoms with Gasteiger partial charge in [-0.3, -0.25) is 4.79 Å². The molecule has 4 aromatic rings. The van der Waals surface area contributed by atoms with Crippen molar-refractivity contribution >= 4 is 44.2 Å². The summed E-state index contributed by atoms with van der Waals surface area (Å²) >= 11 is 0. The largest absolute Gasteiger partial charge is 0.436 e. The van der Waals surface area contributed by atoms with Crippen LogP contribution in [0.15, 0.2) is 76.0 Å². The van der Waals surface area contributed by atoms with E-state index in [2.05, 4.69) is 10.3 Å². The minimum Gasteiger partial charge on any atom is -0.436 e. The van der Waals surface area contributed by atoms with Gasteiger partial charge in [-0.05, 0) is 48.0 Å². The van der Waals surface area contributed by atoms with Crippen LogP contribution >= 0.6 is 0 Å². The number of anilines is 1. The highest BCUT2D eigenvalue weighted by Gasteiger charge is 2.23. The number of nitrogens with one attached hydrogen (secondary N) is 1. The molecule has 0 spiro atoms. The number of rotatable bonds is 3. The summed E-state index contributed by atoms with van der Waals surface area (Å²) in [6.45, 7) is 0. The number of sulfone groups is 1. The Balaban J connectivity index is 1.48. The van der Waals surface area contributed by atoms with Crippen molar-refractivity contribution in [1.29, 1.82) is 0 Å². The first-order chi connectivity index (χ1) is 14.4. The molecule has 1 aliphatic rings. The number of hydrogen-bond acceptors (Lipinski definition) is 5. The molecule has 1 N–H and O–H groups in total. The smallest absolute Gasteiger partial charge is 0.256 e. The Morgan fingerprint density at radius 1 is 1.00 bits per heavy atom. The van der Waals surface area contributed by atoms with E-state index in [1.165, 1.54) is 12.1 Å². The quantitative estimate of drug-likeness (QED) is 0.500. The third-order valence-corrected chi connectivity index (χ3v) is 6.08. The van der Waals surface area contributed by atoms with Gasteiger partial charge in [0.25, 0.3) is 5.91 Å². The normalized spacial score (nSPS) is 14.8. The van der Waals surface area contributed by atoms with Gasteiger partial charge in [0.2, 0.25) is 5.89 Å². The van der Waals surface area contributed by atoms with E-state index >= 15 is 0 Å². The van der Waals surface area contributed by atoms with Crippen LogP contribution in [0.3, 0.4) is 0 Å². The van der Waals surface area contributed by atoms with E-state index in [9.17, 15) is 13.2 Å². The number of fused-ring (bicyclic) bond motifs is 2. The molecule has 0 bridgehead atoms. The maximum atomic E-state index is 12.3. The summed E-state index contributed by atoms with van der Waals surface area (Å²) in [5, 5.41) is 2.86. The molecule has 3 aromatic carbocycles. The van der Waals surface area contributed by atoms with E-state index in [0.717, 1.165) is 28.6 Å². The predicted octanol–water partition coefficient (Wildman–Crippen LogP) is 4.39. The SMILES string of the molecule is CS(=O)(=O)c1ccc2oc(-c3ccc(C=C4C(=O)Nc5ccccc54)cc3)nc2c1. The zero-order chi connectivity index (χ0) is 20.9. The summed E-state index contributed by atoms with van der Waals surface area (Å²) in [6.07, 6.45) is 3.00. The molecule has 0 unspecified atom stereocenters. The lowest BCUT2D eigenvalue weighted by Crippen LogP contribution is -2.03. The summed E-state index contributed by atoms with van der Waals surface area (Å²) in [4.78, 5) is 16.9. The van der Waals surface area contributed by atoms with Crippen LogP contribution in [0.4, 0.5) is 5.69 Å². The fourth-order valence-electron chi connectivity index (χ4n) is 3.43. The second-order valence-electron chi connectivity index (χ2n) is 7.10. The molecule has 2 heterocycles. The van der Waals surface area contributed by atoms with Crippen LogP contribution in [0.1, 0.15) is 11.1 Å². The summed E-state index contributed by atoms with van der Waals surface area (Å²) in [5.74, 6) is 0.278. The number of hydrogen-bond donors (Lipinski definition) is 1. The Morgan fingerprint density at radius 2 is 1.77 bits per heavy atom. The first-order valence-electron chi connectivity index (χ1n) is 9.22. The Kier molecular flexibility index (Phi) is 4.08. The van der Waals surface area contributed by atoms with Gasteiger partial charge in [-0.1, -0.05) is 30.3 Å². The summed E-state index contributed by atoms with van der Waals surface area (Å²) in [6, 6.07) is 19.7. The van der Waals surface area contributed by atoms with Crippen molar-refractivity contribution < 1.29 is 17.6 Å². The Bertz CT molecular complexity index is 1450. The summed E-state index contributed by atoms with van der Waals surface area (Å²) in [5.41, 5.74) is 4.94. The van der Waals surface area contributed by atoms with E-state index in [-0.39, 0.29) is 10.8 Å².